The zero-order chi connectivity index (χ0) is 14.7. The minimum atomic E-state index is 0.286. The molecule has 4 nitrogen and oxygen atoms in total. The van der Waals surface area contributed by atoms with Crippen LogP contribution in [0.4, 0.5) is 0 Å². The molecule has 1 saturated heterocycles. The third-order valence-corrected chi connectivity index (χ3v) is 6.09. The van der Waals surface area contributed by atoms with Crippen molar-refractivity contribution in [2.24, 2.45) is 10.9 Å². The maximum absolute atomic E-state index is 12.3. The molecule has 0 bridgehead atoms. The van der Waals surface area contributed by atoms with Crippen LogP contribution in [0.3, 0.4) is 0 Å². The molecule has 1 saturated carbocycles. The van der Waals surface area contributed by atoms with E-state index in [0.717, 1.165) is 24.2 Å². The number of nitrogens with zero attached hydrogens (tertiary/aromatic N) is 2. The Morgan fingerprint density at radius 2 is 2.05 bits per heavy atom. The molecule has 5 heteroatoms. The van der Waals surface area contributed by atoms with Crippen molar-refractivity contribution in [3.63, 3.8) is 0 Å². The van der Waals surface area contributed by atoms with E-state index in [-0.39, 0.29) is 5.91 Å². The Balaban J connectivity index is 1.42. The van der Waals surface area contributed by atoms with E-state index in [4.69, 9.17) is 4.99 Å². The second-order valence-corrected chi connectivity index (χ2v) is 7.52. The monoisotopic (exact) mass is 309 g/mol. The van der Waals surface area contributed by atoms with Crippen molar-refractivity contribution >= 4 is 22.8 Å². The third kappa shape index (κ3) is 3.74. The zero-order valence-corrected chi connectivity index (χ0v) is 13.8. The summed E-state index contributed by atoms with van der Waals surface area (Å²) in [6, 6.07) is 1.01. The standard InChI is InChI=1S/C16H27N3OS/c1-2-12-7-9-19(10-8-12)15(20)11-21-16-17-13-5-3-4-6-14(13)18-16/h12-14H,2-11H2,1H3,(H,17,18)/t13-,14-/m0/s1. The molecule has 21 heavy (non-hydrogen) atoms. The van der Waals surface area contributed by atoms with E-state index >= 15 is 0 Å². The van der Waals surface area contributed by atoms with Gasteiger partial charge in [0.25, 0.3) is 0 Å². The molecule has 1 N–H and O–H groups in total. The summed E-state index contributed by atoms with van der Waals surface area (Å²) in [5.41, 5.74) is 0. The summed E-state index contributed by atoms with van der Waals surface area (Å²) in [6.45, 7) is 4.15. The smallest absolute Gasteiger partial charge is 0.233 e. The van der Waals surface area contributed by atoms with Gasteiger partial charge in [0.2, 0.25) is 5.91 Å². The Morgan fingerprint density at radius 3 is 2.76 bits per heavy atom. The van der Waals surface area contributed by atoms with Gasteiger partial charge in [0, 0.05) is 13.1 Å². The fourth-order valence-corrected chi connectivity index (χ4v) is 4.56. The van der Waals surface area contributed by atoms with Crippen molar-refractivity contribution in [3.05, 3.63) is 0 Å². The van der Waals surface area contributed by atoms with E-state index in [1.807, 2.05) is 4.90 Å². The highest BCUT2D eigenvalue weighted by Gasteiger charge is 2.31. The Kier molecular flexibility index (Phi) is 5.09. The van der Waals surface area contributed by atoms with E-state index < -0.39 is 0 Å². The number of rotatable bonds is 3. The SMILES string of the molecule is CCC1CCN(C(=O)CSC2=N[C@H]3CCCC[C@@H]3N2)CC1. The minimum absolute atomic E-state index is 0.286. The molecule has 0 spiro atoms. The number of hydrogen-bond acceptors (Lipinski definition) is 4. The molecule has 118 valence electrons. The third-order valence-electron chi connectivity index (χ3n) is 5.20. The molecule has 0 unspecified atom stereocenters. The molecule has 2 atom stereocenters. The van der Waals surface area contributed by atoms with Crippen LogP contribution in [0, 0.1) is 5.92 Å². The highest BCUT2D eigenvalue weighted by Crippen LogP contribution is 2.27. The first-order chi connectivity index (χ1) is 10.3. The average molecular weight is 309 g/mol. The average Bonchev–Trinajstić information content (AvgIpc) is 2.95. The number of piperidine rings is 1. The number of aliphatic imine (C=N–C) groups is 1. The van der Waals surface area contributed by atoms with Crippen LogP contribution in [0.15, 0.2) is 4.99 Å². The van der Waals surface area contributed by atoms with Crippen molar-refractivity contribution in [3.8, 4) is 0 Å². The predicted molar refractivity (Wildman–Crippen MR) is 88.7 cm³/mol. The largest absolute Gasteiger partial charge is 0.360 e. The number of nitrogens with one attached hydrogen (secondary N) is 1. The first-order valence-electron chi connectivity index (χ1n) is 8.51. The lowest BCUT2D eigenvalue weighted by molar-refractivity contribution is -0.129. The topological polar surface area (TPSA) is 44.7 Å². The van der Waals surface area contributed by atoms with E-state index in [2.05, 4.69) is 12.2 Å². The fourth-order valence-electron chi connectivity index (χ4n) is 3.67. The zero-order valence-electron chi connectivity index (χ0n) is 13.0. The maximum atomic E-state index is 12.3. The Labute approximate surface area is 132 Å². The molecule has 0 aromatic heterocycles. The lowest BCUT2D eigenvalue weighted by atomic mass is 9.92. The molecule has 0 radical (unpaired) electrons. The van der Waals surface area contributed by atoms with Gasteiger partial charge in [-0.2, -0.15) is 0 Å². The van der Waals surface area contributed by atoms with Gasteiger partial charge in [-0.15, -0.1) is 0 Å². The van der Waals surface area contributed by atoms with Crippen molar-refractivity contribution in [1.29, 1.82) is 0 Å². The van der Waals surface area contributed by atoms with E-state index in [0.29, 0.717) is 17.8 Å². The van der Waals surface area contributed by atoms with E-state index in [1.165, 1.54) is 44.9 Å². The normalized spacial score (nSPS) is 29.8. The molecule has 2 fully saturated rings. The highest BCUT2D eigenvalue weighted by atomic mass is 32.2. The molecule has 0 aromatic carbocycles. The second kappa shape index (κ2) is 7.03. The minimum Gasteiger partial charge on any atom is -0.360 e. The van der Waals surface area contributed by atoms with Crippen molar-refractivity contribution in [1.82, 2.24) is 10.2 Å². The van der Waals surface area contributed by atoms with Crippen LogP contribution in [-0.2, 0) is 4.79 Å². The number of likely N-dealkylation sites (tertiary alicyclic amines) is 1. The van der Waals surface area contributed by atoms with Crippen LogP contribution >= 0.6 is 11.8 Å². The Hall–Kier alpha value is -0.710. The quantitative estimate of drug-likeness (QED) is 0.871. The first-order valence-corrected chi connectivity index (χ1v) is 9.49. The molecule has 2 aliphatic heterocycles. The summed E-state index contributed by atoms with van der Waals surface area (Å²) >= 11 is 1.61. The Bertz CT molecular complexity index is 404. The molecule has 1 aliphatic carbocycles. The predicted octanol–water partition coefficient (Wildman–Crippen LogP) is 2.64. The maximum Gasteiger partial charge on any atom is 0.233 e. The molecular formula is C16H27N3OS. The van der Waals surface area contributed by atoms with Crippen LogP contribution in [0.1, 0.15) is 51.9 Å². The fraction of sp³-hybridized carbons (Fsp3) is 0.875. The van der Waals surface area contributed by atoms with Crippen molar-refractivity contribution in [2.75, 3.05) is 18.8 Å². The van der Waals surface area contributed by atoms with Gasteiger partial charge in [-0.3, -0.25) is 9.79 Å². The van der Waals surface area contributed by atoms with E-state index in [1.54, 1.807) is 11.8 Å². The van der Waals surface area contributed by atoms with Gasteiger partial charge in [-0.05, 0) is 31.6 Å². The van der Waals surface area contributed by atoms with Gasteiger partial charge in [-0.1, -0.05) is 37.9 Å². The number of fused-ring (bicyclic) bond motifs is 1. The van der Waals surface area contributed by atoms with Crippen LogP contribution in [0.25, 0.3) is 0 Å². The summed E-state index contributed by atoms with van der Waals surface area (Å²) < 4.78 is 0. The molecule has 1 amide bonds. The number of hydrogen-bond donors (Lipinski definition) is 1. The van der Waals surface area contributed by atoms with Gasteiger partial charge in [0.05, 0.1) is 17.8 Å². The summed E-state index contributed by atoms with van der Waals surface area (Å²) in [7, 11) is 0. The van der Waals surface area contributed by atoms with Crippen LogP contribution < -0.4 is 5.32 Å². The molecule has 3 aliphatic rings. The number of carbonyl (C=O) groups excluding carboxylic acids is 1. The molecule has 2 heterocycles. The van der Waals surface area contributed by atoms with Crippen LogP contribution in [-0.4, -0.2) is 46.9 Å². The van der Waals surface area contributed by atoms with Gasteiger partial charge in [0.15, 0.2) is 5.17 Å². The first kappa shape index (κ1) is 15.2. The summed E-state index contributed by atoms with van der Waals surface area (Å²) in [5.74, 6) is 1.65. The van der Waals surface area contributed by atoms with Gasteiger partial charge in [-0.25, -0.2) is 0 Å². The number of amidine groups is 1. The second-order valence-electron chi connectivity index (χ2n) is 6.56. The molecular weight excluding hydrogens is 282 g/mol. The van der Waals surface area contributed by atoms with Crippen LogP contribution in [0.5, 0.6) is 0 Å². The molecule has 0 aromatic rings. The number of carbonyl (C=O) groups is 1. The van der Waals surface area contributed by atoms with E-state index in [9.17, 15) is 4.79 Å². The Morgan fingerprint density at radius 1 is 1.29 bits per heavy atom. The number of amides is 1. The summed E-state index contributed by atoms with van der Waals surface area (Å²) in [5, 5.41) is 4.51. The van der Waals surface area contributed by atoms with Gasteiger partial charge >= 0.3 is 0 Å². The lowest BCUT2D eigenvalue weighted by Gasteiger charge is -2.31. The summed E-state index contributed by atoms with van der Waals surface area (Å²) in [4.78, 5) is 19.1. The van der Waals surface area contributed by atoms with Crippen molar-refractivity contribution < 1.29 is 4.79 Å². The molecule has 3 rings (SSSR count). The van der Waals surface area contributed by atoms with Crippen LogP contribution in [0.2, 0.25) is 0 Å². The highest BCUT2D eigenvalue weighted by molar-refractivity contribution is 8.14. The lowest BCUT2D eigenvalue weighted by Crippen LogP contribution is -2.40. The number of thioether (sulfide) groups is 1. The van der Waals surface area contributed by atoms with Gasteiger partial charge in [0.1, 0.15) is 0 Å². The van der Waals surface area contributed by atoms with Gasteiger partial charge < -0.3 is 10.2 Å². The van der Waals surface area contributed by atoms with Crippen molar-refractivity contribution in [2.45, 2.75) is 64.0 Å². The summed E-state index contributed by atoms with van der Waals surface area (Å²) in [6.07, 6.45) is 8.66.